The number of nitrogens with one attached hydrogen (secondary N) is 1. The molecule has 6 heteroatoms. The summed E-state index contributed by atoms with van der Waals surface area (Å²) in [6.07, 6.45) is 10.7. The van der Waals surface area contributed by atoms with Gasteiger partial charge in [-0.15, -0.1) is 0 Å². The van der Waals surface area contributed by atoms with E-state index in [1.165, 1.54) is 50.8 Å². The quantitative estimate of drug-likeness (QED) is 0.516. The topological polar surface area (TPSA) is 52.7 Å². The van der Waals surface area contributed by atoms with Crippen LogP contribution in [0.3, 0.4) is 0 Å². The number of carbonyl (C=O) groups excluding carboxylic acids is 2. The second kappa shape index (κ2) is 10.8. The van der Waals surface area contributed by atoms with E-state index >= 15 is 0 Å². The fourth-order valence-electron chi connectivity index (χ4n) is 6.92. The molecule has 0 bridgehead atoms. The summed E-state index contributed by atoms with van der Waals surface area (Å²) in [7, 11) is 0. The first-order chi connectivity index (χ1) is 17.5. The van der Waals surface area contributed by atoms with Crippen molar-refractivity contribution in [3.8, 4) is 0 Å². The number of aryl methyl sites for hydroxylation is 1. The van der Waals surface area contributed by atoms with E-state index in [9.17, 15) is 9.59 Å². The number of rotatable bonds is 4. The molecule has 3 fully saturated rings. The molecule has 1 saturated carbocycles. The first kappa shape index (κ1) is 26.2. The minimum Gasteiger partial charge on any atom is -0.345 e. The van der Waals surface area contributed by atoms with Crippen LogP contribution in [0.1, 0.15) is 96.7 Å². The Morgan fingerprint density at radius 2 is 1.65 bits per heavy atom. The molecule has 6 rings (SSSR count). The highest BCUT2D eigenvalue weighted by Crippen LogP contribution is 2.46. The zero-order valence-corrected chi connectivity index (χ0v) is 21.7. The van der Waals surface area contributed by atoms with Crippen LogP contribution in [0, 0.1) is 5.41 Å². The standard InChI is InChI=1S/C30H36ClN3O2.CH4/c31-26-5-2-1-4-24(26)28(35)32-27-9-8-21-6-7-22(20-25(21)27)29(36)34-18-14-30(15-19-34)12-10-23(11-13-30)33-16-3-17-33;/h1-2,4-7,20,23,27H,3,8-19H2,(H,32,35);1H4. The van der Waals surface area contributed by atoms with Crippen LogP contribution in [0.2, 0.25) is 5.02 Å². The van der Waals surface area contributed by atoms with Gasteiger partial charge in [0, 0.05) is 24.7 Å². The minimum atomic E-state index is -0.166. The van der Waals surface area contributed by atoms with Crippen LogP contribution in [0.4, 0.5) is 0 Å². The molecular formula is C31H40ClN3O2. The van der Waals surface area contributed by atoms with Gasteiger partial charge < -0.3 is 15.1 Å². The zero-order chi connectivity index (χ0) is 24.7. The average Bonchev–Trinajstić information content (AvgIpc) is 3.26. The summed E-state index contributed by atoms with van der Waals surface area (Å²) >= 11 is 6.23. The van der Waals surface area contributed by atoms with Gasteiger partial charge in [-0.05, 0) is 112 Å². The highest BCUT2D eigenvalue weighted by Gasteiger charge is 2.41. The second-order valence-electron chi connectivity index (χ2n) is 11.4. The van der Waals surface area contributed by atoms with E-state index < -0.39 is 0 Å². The van der Waals surface area contributed by atoms with Crippen LogP contribution >= 0.6 is 11.6 Å². The summed E-state index contributed by atoms with van der Waals surface area (Å²) in [6.45, 7) is 4.31. The largest absolute Gasteiger partial charge is 0.345 e. The van der Waals surface area contributed by atoms with Crippen molar-refractivity contribution in [1.82, 2.24) is 15.1 Å². The highest BCUT2D eigenvalue weighted by atomic mass is 35.5. The smallest absolute Gasteiger partial charge is 0.253 e. The maximum absolute atomic E-state index is 13.5. The van der Waals surface area contributed by atoms with E-state index in [1.54, 1.807) is 12.1 Å². The van der Waals surface area contributed by atoms with Crippen LogP contribution in [0.25, 0.3) is 0 Å². The van der Waals surface area contributed by atoms with Gasteiger partial charge in [0.25, 0.3) is 11.8 Å². The maximum Gasteiger partial charge on any atom is 0.253 e. The zero-order valence-electron chi connectivity index (χ0n) is 21.0. The van der Waals surface area contributed by atoms with Gasteiger partial charge in [0.15, 0.2) is 0 Å². The van der Waals surface area contributed by atoms with Crippen LogP contribution in [-0.2, 0) is 6.42 Å². The van der Waals surface area contributed by atoms with Crippen molar-refractivity contribution in [2.75, 3.05) is 26.2 Å². The highest BCUT2D eigenvalue weighted by molar-refractivity contribution is 6.33. The molecule has 1 spiro atoms. The SMILES string of the molecule is C.O=C(NC1CCc2ccc(C(=O)N3CCC4(CCC(N5CCC5)CC4)CC3)cc21)c1ccccc1Cl. The first-order valence-electron chi connectivity index (χ1n) is 13.7. The van der Waals surface area contributed by atoms with Crippen molar-refractivity contribution in [3.05, 3.63) is 69.7 Å². The van der Waals surface area contributed by atoms with E-state index in [0.717, 1.165) is 55.9 Å². The molecule has 1 N–H and O–H groups in total. The predicted molar refractivity (Wildman–Crippen MR) is 149 cm³/mol. The number of fused-ring (bicyclic) bond motifs is 1. The Balaban J connectivity index is 0.00000280. The first-order valence-corrected chi connectivity index (χ1v) is 14.1. The average molecular weight is 522 g/mol. The summed E-state index contributed by atoms with van der Waals surface area (Å²) in [4.78, 5) is 31.0. The van der Waals surface area contributed by atoms with E-state index in [0.29, 0.717) is 16.0 Å². The monoisotopic (exact) mass is 521 g/mol. The van der Waals surface area contributed by atoms with Crippen molar-refractivity contribution < 1.29 is 9.59 Å². The molecule has 2 aromatic carbocycles. The number of amides is 2. The molecule has 37 heavy (non-hydrogen) atoms. The van der Waals surface area contributed by atoms with E-state index in [2.05, 4.69) is 21.2 Å². The van der Waals surface area contributed by atoms with Crippen molar-refractivity contribution in [1.29, 1.82) is 0 Å². The molecule has 0 aromatic heterocycles. The molecule has 1 atom stereocenters. The Bertz CT molecular complexity index is 1140. The molecule has 198 valence electrons. The number of benzene rings is 2. The van der Waals surface area contributed by atoms with Crippen LogP contribution in [-0.4, -0.2) is 53.8 Å². The molecular weight excluding hydrogens is 482 g/mol. The Morgan fingerprint density at radius 3 is 2.32 bits per heavy atom. The summed E-state index contributed by atoms with van der Waals surface area (Å²) < 4.78 is 0. The number of carbonyl (C=O) groups is 2. The van der Waals surface area contributed by atoms with E-state index in [1.807, 2.05) is 24.3 Å². The molecule has 2 aromatic rings. The van der Waals surface area contributed by atoms with Gasteiger partial charge in [0.1, 0.15) is 0 Å². The molecule has 0 radical (unpaired) electrons. The van der Waals surface area contributed by atoms with Gasteiger partial charge in [-0.1, -0.05) is 37.2 Å². The minimum absolute atomic E-state index is 0. The lowest BCUT2D eigenvalue weighted by molar-refractivity contribution is 0.0147. The molecule has 2 saturated heterocycles. The normalized spacial score (nSPS) is 23.2. The van der Waals surface area contributed by atoms with Crippen molar-refractivity contribution in [3.63, 3.8) is 0 Å². The van der Waals surface area contributed by atoms with Gasteiger partial charge >= 0.3 is 0 Å². The predicted octanol–water partition coefficient (Wildman–Crippen LogP) is 6.26. The summed E-state index contributed by atoms with van der Waals surface area (Å²) in [5.74, 6) is -0.0367. The number of hydrogen-bond donors (Lipinski definition) is 1. The lowest BCUT2D eigenvalue weighted by Crippen LogP contribution is -2.50. The fraction of sp³-hybridized carbons (Fsp3) is 0.548. The number of likely N-dealkylation sites (tertiary alicyclic amines) is 2. The molecule has 2 amide bonds. The van der Waals surface area contributed by atoms with Gasteiger partial charge in [-0.2, -0.15) is 0 Å². The van der Waals surface area contributed by atoms with Crippen molar-refractivity contribution >= 4 is 23.4 Å². The molecule has 2 aliphatic carbocycles. The molecule has 4 aliphatic rings. The third-order valence-electron chi connectivity index (χ3n) is 9.43. The summed E-state index contributed by atoms with van der Waals surface area (Å²) in [6, 6.07) is 13.9. The van der Waals surface area contributed by atoms with E-state index in [4.69, 9.17) is 11.6 Å². The number of halogens is 1. The van der Waals surface area contributed by atoms with Crippen LogP contribution < -0.4 is 5.32 Å². The Labute approximate surface area is 226 Å². The number of nitrogens with zero attached hydrogens (tertiary/aromatic N) is 2. The molecule has 2 aliphatic heterocycles. The lowest BCUT2D eigenvalue weighted by Gasteiger charge is -2.49. The summed E-state index contributed by atoms with van der Waals surface area (Å²) in [5.41, 5.74) is 3.96. The lowest BCUT2D eigenvalue weighted by atomic mass is 9.66. The number of hydrogen-bond acceptors (Lipinski definition) is 3. The Hall–Kier alpha value is -2.37. The number of piperidine rings is 1. The van der Waals surface area contributed by atoms with Gasteiger partial charge in [0.2, 0.25) is 0 Å². The van der Waals surface area contributed by atoms with Gasteiger partial charge in [-0.3, -0.25) is 9.59 Å². The van der Waals surface area contributed by atoms with E-state index in [-0.39, 0.29) is 25.3 Å². The Morgan fingerprint density at radius 1 is 0.919 bits per heavy atom. The maximum atomic E-state index is 13.5. The summed E-state index contributed by atoms with van der Waals surface area (Å²) in [5, 5.41) is 3.60. The Kier molecular flexibility index (Phi) is 7.65. The van der Waals surface area contributed by atoms with Crippen LogP contribution in [0.5, 0.6) is 0 Å². The van der Waals surface area contributed by atoms with Crippen molar-refractivity contribution in [2.24, 2.45) is 5.41 Å². The molecule has 5 nitrogen and oxygen atoms in total. The van der Waals surface area contributed by atoms with Crippen LogP contribution in [0.15, 0.2) is 42.5 Å². The van der Waals surface area contributed by atoms with Crippen molar-refractivity contribution in [2.45, 2.75) is 77.3 Å². The van der Waals surface area contributed by atoms with Gasteiger partial charge in [-0.25, -0.2) is 0 Å². The molecule has 1 unspecified atom stereocenters. The third kappa shape index (κ3) is 5.18. The fourth-order valence-corrected chi connectivity index (χ4v) is 7.14. The molecule has 2 heterocycles. The van der Waals surface area contributed by atoms with Gasteiger partial charge in [0.05, 0.1) is 16.6 Å². The second-order valence-corrected chi connectivity index (χ2v) is 11.8. The third-order valence-corrected chi connectivity index (χ3v) is 9.76.